The number of para-hydroxylation sites is 4. The minimum absolute atomic E-state index is 0.565. The first-order valence-corrected chi connectivity index (χ1v) is 12.9. The average Bonchev–Trinajstić information content (AvgIpc) is 2.95. The first-order valence-electron chi connectivity index (χ1n) is 12.9. The highest BCUT2D eigenvalue weighted by molar-refractivity contribution is 6.57. The Hall–Kier alpha value is -3.90. The Labute approximate surface area is 221 Å². The van der Waals surface area contributed by atoms with Gasteiger partial charge in [-0.15, -0.1) is 0 Å². The molecule has 0 fully saturated rings. The van der Waals surface area contributed by atoms with Gasteiger partial charge in [0.25, 0.3) is 0 Å². The van der Waals surface area contributed by atoms with E-state index in [4.69, 9.17) is 18.6 Å². The molecule has 0 bridgehead atoms. The molecule has 4 aromatic carbocycles. The Kier molecular flexibility index (Phi) is 10.5. The van der Waals surface area contributed by atoms with E-state index in [0.717, 1.165) is 0 Å². The first kappa shape index (κ1) is 27.7. The molecule has 0 saturated carbocycles. The number of hydrogen-bond acceptors (Lipinski definition) is 4. The van der Waals surface area contributed by atoms with Gasteiger partial charge < -0.3 is 23.1 Å². The molecule has 0 aliphatic carbocycles. The van der Waals surface area contributed by atoms with Crippen LogP contribution in [0.5, 0.6) is 23.0 Å². The van der Waals surface area contributed by atoms with Gasteiger partial charge in [-0.3, -0.25) is 0 Å². The molecule has 4 rings (SSSR count). The summed E-state index contributed by atoms with van der Waals surface area (Å²) in [6.45, 7) is 7.77. The third-order valence-corrected chi connectivity index (χ3v) is 6.38. The maximum atomic E-state index is 6.21. The van der Waals surface area contributed by atoms with Crippen LogP contribution in [0.25, 0.3) is 0 Å². The van der Waals surface area contributed by atoms with Gasteiger partial charge in [-0.1, -0.05) is 72.8 Å². The lowest BCUT2D eigenvalue weighted by Gasteiger charge is -2.41. The maximum absolute atomic E-state index is 6.21. The summed E-state index contributed by atoms with van der Waals surface area (Å²) in [4.78, 5) is 0. The topological polar surface area (TPSA) is 36.9 Å². The number of hydrogen-bond donors (Lipinski definition) is 0. The van der Waals surface area contributed by atoms with Crippen LogP contribution in [0, 0.1) is 0 Å². The molecule has 0 aliphatic heterocycles. The normalized spacial score (nSPS) is 11.0. The summed E-state index contributed by atoms with van der Waals surface area (Å²) in [5, 5.41) is 0. The van der Waals surface area contributed by atoms with E-state index >= 15 is 0 Å². The molecule has 0 radical (unpaired) electrons. The lowest BCUT2D eigenvalue weighted by atomic mass is 10.0. The molecule has 0 unspecified atom stereocenters. The van der Waals surface area contributed by atoms with Crippen LogP contribution in [0.1, 0.15) is 20.8 Å². The van der Waals surface area contributed by atoms with Crippen molar-refractivity contribution in [2.45, 2.75) is 20.8 Å². The summed E-state index contributed by atoms with van der Waals surface area (Å²) in [7, 11) is 2.29. The molecular weight excluding hydrogens is 461 g/mol. The molecule has 0 atom stereocenters. The van der Waals surface area contributed by atoms with Gasteiger partial charge >= 0.3 is 6.96 Å². The molecule has 4 aromatic rings. The molecule has 0 spiro atoms. The summed E-state index contributed by atoms with van der Waals surface area (Å²) in [5.74, 6) is 2.26. The van der Waals surface area contributed by atoms with Gasteiger partial charge in [0.2, 0.25) is 0 Å². The van der Waals surface area contributed by atoms with Crippen LogP contribution < -0.4 is 18.6 Å². The Balaban J connectivity index is 0.000000414. The molecule has 0 saturated heterocycles. The number of rotatable bonds is 11. The van der Waals surface area contributed by atoms with Crippen molar-refractivity contribution in [3.63, 3.8) is 0 Å². The fourth-order valence-electron chi connectivity index (χ4n) is 3.48. The van der Waals surface area contributed by atoms with Crippen molar-refractivity contribution in [3.05, 3.63) is 121 Å². The summed E-state index contributed by atoms with van der Waals surface area (Å²) in [6, 6.07) is 37.3. The summed E-state index contributed by atoms with van der Waals surface area (Å²) < 4.78 is 26.0. The van der Waals surface area contributed by atoms with Gasteiger partial charge in [0, 0.05) is 0 Å². The van der Waals surface area contributed by atoms with Gasteiger partial charge in [-0.2, -0.15) is 0 Å². The highest BCUT2D eigenvalue weighted by Gasteiger charge is 2.42. The molecule has 0 heterocycles. The molecule has 0 N–H and O–H groups in total. The van der Waals surface area contributed by atoms with E-state index < -0.39 is 6.96 Å². The second kappa shape index (κ2) is 14.0. The molecule has 37 heavy (non-hydrogen) atoms. The van der Waals surface area contributed by atoms with E-state index in [1.165, 1.54) is 24.1 Å². The van der Waals surface area contributed by atoms with E-state index in [1.54, 1.807) is 0 Å². The minimum atomic E-state index is -2.73. The van der Waals surface area contributed by atoms with Gasteiger partial charge in [0.15, 0.2) is 0 Å². The fourth-order valence-corrected chi connectivity index (χ4v) is 3.48. The molecule has 5 nitrogen and oxygen atoms in total. The van der Waals surface area contributed by atoms with Crippen molar-refractivity contribution in [1.29, 1.82) is 0 Å². The van der Waals surface area contributed by atoms with E-state index in [-0.39, 0.29) is 0 Å². The van der Waals surface area contributed by atoms with E-state index in [2.05, 4.69) is 27.8 Å². The monoisotopic (exact) mass is 499 g/mol. The SMILES string of the molecule is CC[N+](C)(CC)CC.c1ccc(O[B-](Oc2ccccc2)(Oc2ccccc2)Oc2ccccc2)cc1. The van der Waals surface area contributed by atoms with Crippen LogP contribution in [0.2, 0.25) is 0 Å². The van der Waals surface area contributed by atoms with Crippen molar-refractivity contribution in [3.8, 4) is 23.0 Å². The van der Waals surface area contributed by atoms with Gasteiger partial charge in [-0.05, 0) is 69.3 Å². The lowest BCUT2D eigenvalue weighted by molar-refractivity contribution is -0.904. The first-order chi connectivity index (χ1) is 18.0. The number of benzene rings is 4. The molecular formula is C31H38BNO4. The highest BCUT2D eigenvalue weighted by Crippen LogP contribution is 2.26. The standard InChI is InChI=1S/C24H20BO4.C7H18N/c1-5-13-21(14-6-1)26-25(27-22-15-7-2-8-16-22,28-23-17-9-3-10-18-23)29-24-19-11-4-12-20-24;1-5-8(4,6-2)7-3/h1-20H;5-7H2,1-4H3/q-1;+1. The van der Waals surface area contributed by atoms with Crippen LogP contribution in [0.3, 0.4) is 0 Å². The van der Waals surface area contributed by atoms with Crippen LogP contribution in [0.4, 0.5) is 0 Å². The largest absolute Gasteiger partial charge is 0.777 e. The zero-order chi connectivity index (χ0) is 26.4. The van der Waals surface area contributed by atoms with Crippen LogP contribution >= 0.6 is 0 Å². The molecule has 0 aromatic heterocycles. The van der Waals surface area contributed by atoms with E-state index in [9.17, 15) is 0 Å². The van der Waals surface area contributed by atoms with Gasteiger partial charge in [0.1, 0.15) is 0 Å². The van der Waals surface area contributed by atoms with E-state index in [0.29, 0.717) is 23.0 Å². The highest BCUT2D eigenvalue weighted by atomic mass is 16.9. The quantitative estimate of drug-likeness (QED) is 0.161. The van der Waals surface area contributed by atoms with Crippen molar-refractivity contribution < 1.29 is 23.1 Å². The minimum Gasteiger partial charge on any atom is -0.611 e. The second-order valence-electron chi connectivity index (χ2n) is 8.87. The maximum Gasteiger partial charge on any atom is 0.777 e. The van der Waals surface area contributed by atoms with Crippen molar-refractivity contribution in [1.82, 2.24) is 0 Å². The Morgan fingerprint density at radius 1 is 0.432 bits per heavy atom. The predicted molar refractivity (Wildman–Crippen MR) is 152 cm³/mol. The Morgan fingerprint density at radius 3 is 0.811 bits per heavy atom. The predicted octanol–water partition coefficient (Wildman–Crippen LogP) is 7.23. The third-order valence-electron chi connectivity index (χ3n) is 6.38. The van der Waals surface area contributed by atoms with Crippen molar-refractivity contribution in [2.24, 2.45) is 0 Å². The number of quaternary nitrogens is 1. The second-order valence-corrected chi connectivity index (χ2v) is 8.87. The van der Waals surface area contributed by atoms with Gasteiger partial charge in [-0.25, -0.2) is 0 Å². The summed E-state index contributed by atoms with van der Waals surface area (Å²) in [6.07, 6.45) is 0. The number of nitrogens with zero attached hydrogens (tertiary/aromatic N) is 1. The van der Waals surface area contributed by atoms with Crippen molar-refractivity contribution >= 4 is 6.96 Å². The third kappa shape index (κ3) is 8.92. The zero-order valence-electron chi connectivity index (χ0n) is 22.3. The van der Waals surface area contributed by atoms with Crippen LogP contribution in [0.15, 0.2) is 121 Å². The van der Waals surface area contributed by atoms with Crippen LogP contribution in [-0.2, 0) is 0 Å². The fraction of sp³-hybridized carbons (Fsp3) is 0.226. The molecule has 6 heteroatoms. The smallest absolute Gasteiger partial charge is 0.611 e. The van der Waals surface area contributed by atoms with Crippen LogP contribution in [-0.4, -0.2) is 38.1 Å². The van der Waals surface area contributed by atoms with Gasteiger partial charge in [0.05, 0.1) is 49.7 Å². The molecule has 0 aliphatic rings. The Morgan fingerprint density at radius 2 is 0.649 bits per heavy atom. The van der Waals surface area contributed by atoms with E-state index in [1.807, 2.05) is 121 Å². The Bertz CT molecular complexity index is 961. The summed E-state index contributed by atoms with van der Waals surface area (Å²) in [5.41, 5.74) is 0. The summed E-state index contributed by atoms with van der Waals surface area (Å²) >= 11 is 0. The van der Waals surface area contributed by atoms with Crippen molar-refractivity contribution in [2.75, 3.05) is 26.7 Å². The molecule has 0 amide bonds. The zero-order valence-corrected chi connectivity index (χ0v) is 22.3. The molecule has 194 valence electrons. The lowest BCUT2D eigenvalue weighted by Crippen LogP contribution is -2.60. The average molecular weight is 499 g/mol.